The summed E-state index contributed by atoms with van der Waals surface area (Å²) in [5, 5.41) is 15.3. The second-order valence-electron chi connectivity index (χ2n) is 6.02. The number of nitrogens with zero attached hydrogens (tertiary/aromatic N) is 2. The monoisotopic (exact) mass is 506 g/mol. The van der Waals surface area contributed by atoms with E-state index in [0.717, 1.165) is 18.3 Å². The van der Waals surface area contributed by atoms with Crippen molar-refractivity contribution in [3.63, 3.8) is 0 Å². The number of nitrogens with two attached hydrogens (primary N) is 2. The van der Waals surface area contributed by atoms with E-state index in [2.05, 4.69) is 20.6 Å². The number of hydrogen-bond donors (Lipinski definition) is 4. The van der Waals surface area contributed by atoms with Crippen molar-refractivity contribution in [2.75, 3.05) is 10.6 Å². The molecule has 0 fully saturated rings. The molecule has 3 rings (SSSR count). The average Bonchev–Trinajstić information content (AvgIpc) is 2.65. The van der Waals surface area contributed by atoms with Crippen LogP contribution in [0.25, 0.3) is 0 Å². The van der Waals surface area contributed by atoms with E-state index < -0.39 is 25.9 Å². The van der Waals surface area contributed by atoms with E-state index in [0.29, 0.717) is 0 Å². The van der Waals surface area contributed by atoms with E-state index in [-0.39, 0.29) is 43.0 Å². The largest absolute Gasteiger partial charge is 0.338 e. The van der Waals surface area contributed by atoms with Gasteiger partial charge in [0.15, 0.2) is 11.6 Å². The fourth-order valence-electron chi connectivity index (χ4n) is 2.38. The highest BCUT2D eigenvalue weighted by molar-refractivity contribution is 7.89. The second kappa shape index (κ2) is 8.53. The Hall–Kier alpha value is -2.55. The van der Waals surface area contributed by atoms with Gasteiger partial charge in [-0.3, -0.25) is 0 Å². The third-order valence-electron chi connectivity index (χ3n) is 3.74. The maximum absolute atomic E-state index is 14.2. The van der Waals surface area contributed by atoms with Crippen LogP contribution in [0, 0.1) is 5.82 Å². The van der Waals surface area contributed by atoms with Gasteiger partial charge in [-0.2, -0.15) is 4.98 Å². The van der Waals surface area contributed by atoms with Crippen LogP contribution in [0.5, 0.6) is 0 Å². The summed E-state index contributed by atoms with van der Waals surface area (Å²) in [6.07, 6.45) is 0.852. The molecule has 31 heavy (non-hydrogen) atoms. The van der Waals surface area contributed by atoms with Gasteiger partial charge in [0.2, 0.25) is 26.0 Å². The molecule has 0 saturated carbocycles. The molecule has 0 unspecified atom stereocenters. The van der Waals surface area contributed by atoms with E-state index in [4.69, 9.17) is 33.5 Å². The zero-order valence-corrected chi connectivity index (χ0v) is 18.3. The highest BCUT2D eigenvalue weighted by Gasteiger charge is 2.16. The lowest BCUT2D eigenvalue weighted by Crippen LogP contribution is -2.13. The van der Waals surface area contributed by atoms with Gasteiger partial charge in [0.25, 0.3) is 0 Å². The van der Waals surface area contributed by atoms with Crippen molar-refractivity contribution in [1.29, 1.82) is 0 Å². The van der Waals surface area contributed by atoms with Crippen LogP contribution in [-0.4, -0.2) is 26.8 Å². The lowest BCUT2D eigenvalue weighted by molar-refractivity contribution is 0.596. The first-order chi connectivity index (χ1) is 14.3. The number of hydrogen-bond acceptors (Lipinski definition) is 8. The minimum absolute atomic E-state index is 0.0798. The molecule has 0 aliphatic carbocycles. The minimum Gasteiger partial charge on any atom is -0.338 e. The van der Waals surface area contributed by atoms with Crippen molar-refractivity contribution in [2.45, 2.75) is 9.79 Å². The fourth-order valence-corrected chi connectivity index (χ4v) is 4.52. The zero-order chi connectivity index (χ0) is 23.0. The molecule has 6 N–H and O–H groups in total. The van der Waals surface area contributed by atoms with Crippen molar-refractivity contribution < 1.29 is 21.2 Å². The van der Waals surface area contributed by atoms with Crippen LogP contribution in [0.3, 0.4) is 0 Å². The van der Waals surface area contributed by atoms with Crippen LogP contribution < -0.4 is 20.9 Å². The first-order valence-corrected chi connectivity index (χ1v) is 11.9. The first-order valence-electron chi connectivity index (χ1n) is 8.06. The second-order valence-corrected chi connectivity index (χ2v) is 9.89. The molecule has 164 valence electrons. The molecule has 0 radical (unpaired) electrons. The standard InChI is InChI=1S/C16H13Cl2FN6O4S2/c17-10-3-1-8(5-13(10)30(20,26)27)23-15-12(19)7-22-16(25-15)24-9-2-4-11(18)14(6-9)31(21,28)29/h1-7H,(H2,20,26,27)(H2,21,28,29)(H2,22,23,24,25). The summed E-state index contributed by atoms with van der Waals surface area (Å²) in [4.78, 5) is 7.05. The molecule has 15 heteroatoms. The van der Waals surface area contributed by atoms with Gasteiger partial charge in [-0.25, -0.2) is 36.5 Å². The molecular weight excluding hydrogens is 494 g/mol. The normalized spacial score (nSPS) is 11.9. The lowest BCUT2D eigenvalue weighted by Gasteiger charge is -2.11. The maximum Gasteiger partial charge on any atom is 0.239 e. The lowest BCUT2D eigenvalue weighted by atomic mass is 10.3. The summed E-state index contributed by atoms with van der Waals surface area (Å²) in [7, 11) is -8.19. The number of anilines is 4. The van der Waals surface area contributed by atoms with Gasteiger partial charge in [0.1, 0.15) is 9.79 Å². The number of rotatable bonds is 6. The van der Waals surface area contributed by atoms with Crippen molar-refractivity contribution in [1.82, 2.24) is 9.97 Å². The number of aromatic nitrogens is 2. The molecule has 0 bridgehead atoms. The number of sulfonamides is 2. The number of halogens is 3. The van der Waals surface area contributed by atoms with Crippen molar-refractivity contribution in [3.05, 3.63) is 58.5 Å². The Labute approximate surface area is 186 Å². The summed E-state index contributed by atoms with van der Waals surface area (Å²) < 4.78 is 60.6. The van der Waals surface area contributed by atoms with Crippen LogP contribution >= 0.6 is 23.2 Å². The first kappa shape index (κ1) is 23.1. The van der Waals surface area contributed by atoms with Crippen LogP contribution in [0.15, 0.2) is 52.4 Å². The average molecular weight is 507 g/mol. The Morgan fingerprint density at radius 2 is 1.32 bits per heavy atom. The summed E-state index contributed by atoms with van der Waals surface area (Å²) >= 11 is 11.7. The van der Waals surface area contributed by atoms with Crippen LogP contribution in [0.1, 0.15) is 0 Å². The number of benzene rings is 2. The Morgan fingerprint density at radius 3 is 1.81 bits per heavy atom. The highest BCUT2D eigenvalue weighted by atomic mass is 35.5. The molecule has 1 heterocycles. The van der Waals surface area contributed by atoms with E-state index in [9.17, 15) is 21.2 Å². The summed E-state index contributed by atoms with van der Waals surface area (Å²) in [5.74, 6) is -1.26. The Bertz CT molecular complexity index is 1390. The Kier molecular flexibility index (Phi) is 6.36. The van der Waals surface area contributed by atoms with Gasteiger partial charge in [-0.15, -0.1) is 0 Å². The van der Waals surface area contributed by atoms with Crippen LogP contribution in [-0.2, 0) is 20.0 Å². The SMILES string of the molecule is NS(=O)(=O)c1cc(Nc2ncc(F)c(Nc3ccc(Cl)c(S(N)(=O)=O)c3)n2)ccc1Cl. The molecular formula is C16H13Cl2FN6O4S2. The van der Waals surface area contributed by atoms with E-state index in [1.807, 2.05) is 0 Å². The highest BCUT2D eigenvalue weighted by Crippen LogP contribution is 2.28. The van der Waals surface area contributed by atoms with E-state index >= 15 is 0 Å². The molecule has 10 nitrogen and oxygen atoms in total. The fraction of sp³-hybridized carbons (Fsp3) is 0. The predicted molar refractivity (Wildman–Crippen MR) is 114 cm³/mol. The minimum atomic E-state index is -4.11. The van der Waals surface area contributed by atoms with Crippen molar-refractivity contribution >= 4 is 66.4 Å². The molecule has 3 aromatic rings. The third kappa shape index (κ3) is 5.58. The van der Waals surface area contributed by atoms with Crippen molar-refractivity contribution in [2.24, 2.45) is 10.3 Å². The summed E-state index contributed by atoms with van der Waals surface area (Å²) in [5.41, 5.74) is 0.356. The topological polar surface area (TPSA) is 170 Å². The Balaban J connectivity index is 1.92. The van der Waals surface area contributed by atoms with Crippen LogP contribution in [0.2, 0.25) is 10.0 Å². The quantitative estimate of drug-likeness (QED) is 0.395. The number of nitrogens with one attached hydrogen (secondary N) is 2. The van der Waals surface area contributed by atoms with Gasteiger partial charge < -0.3 is 10.6 Å². The van der Waals surface area contributed by atoms with Gasteiger partial charge in [0.05, 0.1) is 16.2 Å². The maximum atomic E-state index is 14.2. The zero-order valence-electron chi connectivity index (χ0n) is 15.2. The van der Waals surface area contributed by atoms with Gasteiger partial charge in [-0.1, -0.05) is 23.2 Å². The molecule has 1 aromatic heterocycles. The van der Waals surface area contributed by atoms with E-state index in [1.54, 1.807) is 0 Å². The Morgan fingerprint density at radius 1 is 0.839 bits per heavy atom. The van der Waals surface area contributed by atoms with Gasteiger partial charge in [0, 0.05) is 11.4 Å². The summed E-state index contributed by atoms with van der Waals surface area (Å²) in [6.45, 7) is 0. The summed E-state index contributed by atoms with van der Waals surface area (Å²) in [6, 6.07) is 7.68. The molecule has 0 amide bonds. The number of primary sulfonamides is 2. The molecule has 0 saturated heterocycles. The van der Waals surface area contributed by atoms with E-state index in [1.165, 1.54) is 24.3 Å². The van der Waals surface area contributed by atoms with Gasteiger partial charge in [-0.05, 0) is 36.4 Å². The van der Waals surface area contributed by atoms with Crippen LogP contribution in [0.4, 0.5) is 27.5 Å². The third-order valence-corrected chi connectivity index (χ3v) is 6.52. The van der Waals surface area contributed by atoms with Crippen molar-refractivity contribution in [3.8, 4) is 0 Å². The predicted octanol–water partition coefficient (Wildman–Crippen LogP) is 2.70. The smallest absolute Gasteiger partial charge is 0.239 e. The molecule has 0 aliphatic heterocycles. The molecule has 0 atom stereocenters. The molecule has 0 aliphatic rings. The van der Waals surface area contributed by atoms with Gasteiger partial charge >= 0.3 is 0 Å². The molecule has 0 spiro atoms. The molecule has 2 aromatic carbocycles.